The van der Waals surface area contributed by atoms with Gasteiger partial charge in [-0.05, 0) is 55.7 Å². The van der Waals surface area contributed by atoms with E-state index in [1.807, 2.05) is 13.0 Å². The lowest BCUT2D eigenvalue weighted by Gasteiger charge is -2.28. The third-order valence-electron chi connectivity index (χ3n) is 2.81. The number of thiophene rings is 1. The van der Waals surface area contributed by atoms with Crippen molar-refractivity contribution in [1.82, 2.24) is 4.31 Å². The fourth-order valence-corrected chi connectivity index (χ4v) is 4.15. The lowest BCUT2D eigenvalue weighted by atomic mass is 10.1. The molecule has 2 rings (SSSR count). The summed E-state index contributed by atoms with van der Waals surface area (Å²) in [5, 5.41) is 0. The molecule has 0 fully saturated rings. The molecule has 0 N–H and O–H groups in total. The molecule has 0 radical (unpaired) electrons. The minimum Gasteiger partial charge on any atom is -0.232 e. The lowest BCUT2D eigenvalue weighted by Crippen LogP contribution is -2.31. The molecule has 0 amide bonds. The van der Waals surface area contributed by atoms with Crippen molar-refractivity contribution in [2.24, 2.45) is 0 Å². The second-order valence-electron chi connectivity index (χ2n) is 4.50. The average Bonchev–Trinajstić information content (AvgIpc) is 2.76. The number of rotatable bonds is 4. The zero-order valence-electron chi connectivity index (χ0n) is 11.3. The van der Waals surface area contributed by atoms with Gasteiger partial charge in [0.05, 0.1) is 4.21 Å². The van der Waals surface area contributed by atoms with Gasteiger partial charge in [-0.2, -0.15) is 13.2 Å². The van der Waals surface area contributed by atoms with Crippen LogP contribution in [0.15, 0.2) is 40.6 Å². The van der Waals surface area contributed by atoms with E-state index < -0.39 is 18.0 Å². The van der Waals surface area contributed by atoms with Gasteiger partial charge in [0, 0.05) is 4.88 Å². The highest BCUT2D eigenvalue weighted by Crippen LogP contribution is 2.42. The maximum Gasteiger partial charge on any atom is 0.408 e. The zero-order chi connectivity index (χ0) is 15.6. The molecule has 7 heteroatoms. The van der Waals surface area contributed by atoms with Crippen LogP contribution >= 0.6 is 23.3 Å². The molecule has 0 spiro atoms. The largest absolute Gasteiger partial charge is 0.408 e. The molecule has 0 unspecified atom stereocenters. The summed E-state index contributed by atoms with van der Waals surface area (Å²) in [6, 6.07) is 6.30. The second kappa shape index (κ2) is 6.37. The van der Waals surface area contributed by atoms with Gasteiger partial charge in [0.1, 0.15) is 11.9 Å². The van der Waals surface area contributed by atoms with Gasteiger partial charge in [-0.15, -0.1) is 11.3 Å². The van der Waals surface area contributed by atoms with Crippen molar-refractivity contribution in [1.29, 1.82) is 0 Å². The Hall–Kier alpha value is -1.05. The van der Waals surface area contributed by atoms with Crippen molar-refractivity contribution in [3.8, 4) is 0 Å². The van der Waals surface area contributed by atoms with Crippen LogP contribution in [0.25, 0.3) is 0 Å². The molecule has 114 valence electrons. The molecule has 1 atom stereocenters. The lowest BCUT2D eigenvalue weighted by molar-refractivity contribution is -0.169. The van der Waals surface area contributed by atoms with E-state index in [9.17, 15) is 17.6 Å². The summed E-state index contributed by atoms with van der Waals surface area (Å²) < 4.78 is 54.8. The Balaban J connectivity index is 2.25. The number of halogens is 4. The predicted octanol–water partition coefficient (Wildman–Crippen LogP) is 5.44. The van der Waals surface area contributed by atoms with Crippen molar-refractivity contribution in [3.05, 3.63) is 52.7 Å². The molecular weight excluding hydrogens is 322 g/mol. The molecular formula is C14H13F4NS2. The predicted molar refractivity (Wildman–Crippen MR) is 77.9 cm³/mol. The first kappa shape index (κ1) is 16.3. The maximum atomic E-state index is 13.3. The molecule has 0 saturated carbocycles. The van der Waals surface area contributed by atoms with Gasteiger partial charge in [0.2, 0.25) is 0 Å². The molecule has 2 aromatic rings. The first-order valence-electron chi connectivity index (χ1n) is 6.07. The van der Waals surface area contributed by atoms with E-state index in [2.05, 4.69) is 0 Å². The summed E-state index contributed by atoms with van der Waals surface area (Å²) in [4.78, 5) is 1.04. The van der Waals surface area contributed by atoms with Gasteiger partial charge in [-0.25, -0.2) is 8.70 Å². The highest BCUT2D eigenvalue weighted by molar-refractivity contribution is 7.98. The van der Waals surface area contributed by atoms with Crippen molar-refractivity contribution in [2.45, 2.75) is 23.4 Å². The smallest absolute Gasteiger partial charge is 0.232 e. The van der Waals surface area contributed by atoms with E-state index in [1.54, 1.807) is 6.07 Å². The Kier molecular flexibility index (Phi) is 4.95. The molecule has 1 aromatic carbocycles. The van der Waals surface area contributed by atoms with Gasteiger partial charge in [-0.1, -0.05) is 12.1 Å². The molecule has 0 saturated heterocycles. The molecule has 1 heterocycles. The van der Waals surface area contributed by atoms with E-state index >= 15 is 0 Å². The monoisotopic (exact) mass is 335 g/mol. The highest BCUT2D eigenvalue weighted by Gasteiger charge is 2.44. The van der Waals surface area contributed by atoms with Gasteiger partial charge in [0.25, 0.3) is 0 Å². The normalized spacial score (nSPS) is 13.7. The Morgan fingerprint density at radius 1 is 1.10 bits per heavy atom. The molecule has 0 aliphatic heterocycles. The number of benzene rings is 1. The summed E-state index contributed by atoms with van der Waals surface area (Å²) in [5.74, 6) is -0.552. The van der Waals surface area contributed by atoms with Crippen LogP contribution in [0.1, 0.15) is 16.5 Å². The quantitative estimate of drug-likeness (QED) is 0.541. The van der Waals surface area contributed by atoms with Gasteiger partial charge in [-0.3, -0.25) is 0 Å². The zero-order valence-corrected chi connectivity index (χ0v) is 13.0. The van der Waals surface area contributed by atoms with Gasteiger partial charge >= 0.3 is 6.18 Å². The number of hydrogen-bond donors (Lipinski definition) is 0. The second-order valence-corrected chi connectivity index (χ2v) is 7.24. The van der Waals surface area contributed by atoms with E-state index in [4.69, 9.17) is 0 Å². The summed E-state index contributed by atoms with van der Waals surface area (Å²) in [6.45, 7) is 1.90. The summed E-state index contributed by atoms with van der Waals surface area (Å²) in [7, 11) is 1.39. The van der Waals surface area contributed by atoms with Gasteiger partial charge in [0.15, 0.2) is 0 Å². The molecule has 0 aliphatic rings. The molecule has 1 nitrogen and oxygen atoms in total. The molecule has 21 heavy (non-hydrogen) atoms. The van der Waals surface area contributed by atoms with Crippen LogP contribution in [0.4, 0.5) is 17.6 Å². The molecule has 1 aromatic heterocycles. The van der Waals surface area contributed by atoms with Crippen LogP contribution in [-0.4, -0.2) is 17.5 Å². The topological polar surface area (TPSA) is 3.24 Å². The van der Waals surface area contributed by atoms with Crippen LogP contribution in [0.5, 0.6) is 0 Å². The third kappa shape index (κ3) is 4.21. The fourth-order valence-electron chi connectivity index (χ4n) is 1.91. The van der Waals surface area contributed by atoms with Crippen LogP contribution in [0.3, 0.4) is 0 Å². The molecule has 0 bridgehead atoms. The van der Waals surface area contributed by atoms with E-state index in [1.165, 1.54) is 30.5 Å². The number of nitrogens with zero attached hydrogens (tertiary/aromatic N) is 1. The van der Waals surface area contributed by atoms with Crippen LogP contribution in [0, 0.1) is 12.7 Å². The SMILES string of the molecule is Cc1ccc(SN(C)[C@H](c2ccc(F)cc2)C(F)(F)F)s1. The Labute approximate surface area is 128 Å². The minimum absolute atomic E-state index is 0.0205. The standard InChI is InChI=1S/C14H13F4NS2/c1-9-3-8-12(20-9)21-19(2)13(14(16,17)18)10-4-6-11(15)7-5-10/h3-8,13H,1-2H3/t13-/m1/s1. The Bertz CT molecular complexity index is 592. The number of aryl methyl sites for hydroxylation is 1. The van der Waals surface area contributed by atoms with Crippen molar-refractivity contribution >= 4 is 23.3 Å². The summed E-state index contributed by atoms with van der Waals surface area (Å²) in [5.41, 5.74) is 0.0205. The van der Waals surface area contributed by atoms with E-state index in [-0.39, 0.29) is 5.56 Å². The Morgan fingerprint density at radius 3 is 2.19 bits per heavy atom. The number of alkyl halides is 3. The van der Waals surface area contributed by atoms with E-state index in [0.29, 0.717) is 0 Å². The van der Waals surface area contributed by atoms with Crippen molar-refractivity contribution in [2.75, 3.05) is 7.05 Å². The van der Waals surface area contributed by atoms with E-state index in [0.717, 1.165) is 37.5 Å². The summed E-state index contributed by atoms with van der Waals surface area (Å²) in [6.07, 6.45) is -4.44. The fraction of sp³-hybridized carbons (Fsp3) is 0.286. The number of hydrogen-bond acceptors (Lipinski definition) is 3. The third-order valence-corrected chi connectivity index (χ3v) is 4.89. The van der Waals surface area contributed by atoms with Crippen LogP contribution < -0.4 is 0 Å². The molecule has 0 aliphatic carbocycles. The highest BCUT2D eigenvalue weighted by atomic mass is 32.2. The van der Waals surface area contributed by atoms with Crippen LogP contribution in [-0.2, 0) is 0 Å². The average molecular weight is 335 g/mol. The maximum absolute atomic E-state index is 13.3. The summed E-state index contributed by atoms with van der Waals surface area (Å²) >= 11 is 2.47. The van der Waals surface area contributed by atoms with Crippen molar-refractivity contribution < 1.29 is 17.6 Å². The first-order valence-corrected chi connectivity index (χ1v) is 7.66. The van der Waals surface area contributed by atoms with Crippen molar-refractivity contribution in [3.63, 3.8) is 0 Å². The minimum atomic E-state index is -4.44. The van der Waals surface area contributed by atoms with Gasteiger partial charge < -0.3 is 0 Å². The Morgan fingerprint density at radius 2 is 1.71 bits per heavy atom. The first-order chi connectivity index (χ1) is 9.77. The van der Waals surface area contributed by atoms with Crippen LogP contribution in [0.2, 0.25) is 0 Å².